The van der Waals surface area contributed by atoms with Gasteiger partial charge in [0.05, 0.1) is 7.11 Å². The number of hydroxylamine groups is 1. The Morgan fingerprint density at radius 2 is 2.11 bits per heavy atom. The summed E-state index contributed by atoms with van der Waals surface area (Å²) in [6, 6.07) is 0. The summed E-state index contributed by atoms with van der Waals surface area (Å²) in [5.74, 6) is 0. The van der Waals surface area contributed by atoms with E-state index in [4.69, 9.17) is 4.74 Å². The van der Waals surface area contributed by atoms with Gasteiger partial charge in [-0.15, -0.1) is 0 Å². The van der Waals surface area contributed by atoms with Gasteiger partial charge in [0.15, 0.2) is 0 Å². The summed E-state index contributed by atoms with van der Waals surface area (Å²) in [6.45, 7) is 4.71. The monoisotopic (exact) mass is 133 g/mol. The van der Waals surface area contributed by atoms with Gasteiger partial charge in [-0.25, -0.2) is 0 Å². The van der Waals surface area contributed by atoms with E-state index in [0.717, 1.165) is 13.0 Å². The SMILES string of the molecule is CCOC(CC)NOC. The van der Waals surface area contributed by atoms with Crippen LogP contribution in [0.15, 0.2) is 0 Å². The van der Waals surface area contributed by atoms with Crippen LogP contribution in [0.3, 0.4) is 0 Å². The van der Waals surface area contributed by atoms with Crippen molar-refractivity contribution in [3.05, 3.63) is 0 Å². The highest BCUT2D eigenvalue weighted by atomic mass is 16.7. The molecule has 0 amide bonds. The van der Waals surface area contributed by atoms with Crippen molar-refractivity contribution in [1.82, 2.24) is 5.48 Å². The summed E-state index contributed by atoms with van der Waals surface area (Å²) in [5.41, 5.74) is 2.71. The van der Waals surface area contributed by atoms with Crippen molar-refractivity contribution in [3.8, 4) is 0 Å². The fourth-order valence-corrected chi connectivity index (χ4v) is 0.568. The van der Waals surface area contributed by atoms with E-state index in [0.29, 0.717) is 0 Å². The van der Waals surface area contributed by atoms with Crippen LogP contribution in [0, 0.1) is 0 Å². The van der Waals surface area contributed by atoms with Gasteiger partial charge in [-0.3, -0.25) is 0 Å². The van der Waals surface area contributed by atoms with Crippen LogP contribution in [0.1, 0.15) is 20.3 Å². The summed E-state index contributed by atoms with van der Waals surface area (Å²) in [5, 5.41) is 0. The Balaban J connectivity index is 3.18. The third-order valence-corrected chi connectivity index (χ3v) is 0.988. The quantitative estimate of drug-likeness (QED) is 0.446. The molecule has 3 nitrogen and oxygen atoms in total. The van der Waals surface area contributed by atoms with Gasteiger partial charge in [-0.05, 0) is 13.3 Å². The molecule has 3 heteroatoms. The Morgan fingerprint density at radius 3 is 2.44 bits per heavy atom. The zero-order valence-corrected chi connectivity index (χ0v) is 6.31. The summed E-state index contributed by atoms with van der Waals surface area (Å²) < 4.78 is 5.20. The van der Waals surface area contributed by atoms with Gasteiger partial charge in [0.1, 0.15) is 6.23 Å². The lowest BCUT2D eigenvalue weighted by molar-refractivity contribution is -0.0702. The van der Waals surface area contributed by atoms with Gasteiger partial charge in [0, 0.05) is 6.61 Å². The molecule has 1 unspecified atom stereocenters. The highest BCUT2D eigenvalue weighted by Crippen LogP contribution is 1.91. The highest BCUT2D eigenvalue weighted by Gasteiger charge is 2.00. The van der Waals surface area contributed by atoms with Crippen LogP contribution in [0.2, 0.25) is 0 Å². The van der Waals surface area contributed by atoms with Crippen LogP contribution in [-0.2, 0) is 9.57 Å². The third-order valence-electron chi connectivity index (χ3n) is 0.988. The number of hydrogen-bond donors (Lipinski definition) is 1. The van der Waals surface area contributed by atoms with E-state index < -0.39 is 0 Å². The second kappa shape index (κ2) is 6.01. The predicted molar refractivity (Wildman–Crippen MR) is 35.8 cm³/mol. The third kappa shape index (κ3) is 4.39. The molecule has 0 fully saturated rings. The zero-order chi connectivity index (χ0) is 7.11. The molecule has 0 aromatic carbocycles. The molecular formula is C6H15NO2. The smallest absolute Gasteiger partial charge is 0.129 e. The van der Waals surface area contributed by atoms with Gasteiger partial charge < -0.3 is 9.57 Å². The molecule has 0 bridgehead atoms. The topological polar surface area (TPSA) is 30.5 Å². The lowest BCUT2D eigenvalue weighted by Crippen LogP contribution is -2.29. The average molecular weight is 133 g/mol. The summed E-state index contributed by atoms with van der Waals surface area (Å²) in [4.78, 5) is 4.67. The fraction of sp³-hybridized carbons (Fsp3) is 1.00. The molecule has 0 saturated heterocycles. The Labute approximate surface area is 56.3 Å². The maximum atomic E-state index is 5.20. The molecule has 0 radical (unpaired) electrons. The first-order valence-corrected chi connectivity index (χ1v) is 3.25. The Hall–Kier alpha value is -0.120. The molecule has 1 N–H and O–H groups in total. The van der Waals surface area contributed by atoms with Crippen molar-refractivity contribution >= 4 is 0 Å². The molecule has 56 valence electrons. The summed E-state index contributed by atoms with van der Waals surface area (Å²) in [7, 11) is 1.58. The standard InChI is InChI=1S/C6H15NO2/c1-4-6(7-8-3)9-5-2/h6-7H,4-5H2,1-3H3. The number of rotatable bonds is 5. The van der Waals surface area contributed by atoms with Crippen LogP contribution < -0.4 is 5.48 Å². The van der Waals surface area contributed by atoms with E-state index in [1.54, 1.807) is 7.11 Å². The second-order valence-electron chi connectivity index (χ2n) is 1.67. The average Bonchev–Trinajstić information content (AvgIpc) is 1.88. The minimum Gasteiger partial charge on any atom is -0.362 e. The predicted octanol–water partition coefficient (Wildman–Crippen LogP) is 0.910. The van der Waals surface area contributed by atoms with E-state index in [9.17, 15) is 0 Å². The fourth-order valence-electron chi connectivity index (χ4n) is 0.568. The van der Waals surface area contributed by atoms with Crippen LogP contribution in [0.25, 0.3) is 0 Å². The lowest BCUT2D eigenvalue weighted by atomic mass is 10.4. The Bertz CT molecular complexity index is 53.0. The summed E-state index contributed by atoms with van der Waals surface area (Å²) in [6.07, 6.45) is 0.960. The van der Waals surface area contributed by atoms with Crippen molar-refractivity contribution in [2.45, 2.75) is 26.5 Å². The van der Waals surface area contributed by atoms with Gasteiger partial charge in [-0.2, -0.15) is 5.48 Å². The minimum atomic E-state index is 0.0417. The van der Waals surface area contributed by atoms with Crippen LogP contribution in [-0.4, -0.2) is 19.9 Å². The second-order valence-corrected chi connectivity index (χ2v) is 1.67. The van der Waals surface area contributed by atoms with Crippen molar-refractivity contribution < 1.29 is 9.57 Å². The first-order valence-electron chi connectivity index (χ1n) is 3.25. The van der Waals surface area contributed by atoms with E-state index >= 15 is 0 Å². The van der Waals surface area contributed by atoms with Crippen molar-refractivity contribution in [1.29, 1.82) is 0 Å². The molecule has 9 heavy (non-hydrogen) atoms. The van der Waals surface area contributed by atoms with Gasteiger partial charge in [0.2, 0.25) is 0 Å². The van der Waals surface area contributed by atoms with Crippen LogP contribution in [0.5, 0.6) is 0 Å². The maximum Gasteiger partial charge on any atom is 0.129 e. The molecular weight excluding hydrogens is 118 g/mol. The first-order chi connectivity index (χ1) is 4.35. The zero-order valence-electron chi connectivity index (χ0n) is 6.31. The molecule has 0 heterocycles. The van der Waals surface area contributed by atoms with E-state index in [1.165, 1.54) is 0 Å². The van der Waals surface area contributed by atoms with E-state index in [1.807, 2.05) is 13.8 Å². The summed E-state index contributed by atoms with van der Waals surface area (Å²) >= 11 is 0. The molecule has 0 saturated carbocycles. The molecule has 0 rings (SSSR count). The first kappa shape index (κ1) is 8.88. The Morgan fingerprint density at radius 1 is 1.44 bits per heavy atom. The number of nitrogens with one attached hydrogen (secondary N) is 1. The van der Waals surface area contributed by atoms with Crippen molar-refractivity contribution in [2.24, 2.45) is 0 Å². The molecule has 0 aromatic heterocycles. The number of hydrogen-bond acceptors (Lipinski definition) is 3. The molecule has 0 aliphatic carbocycles. The van der Waals surface area contributed by atoms with Crippen molar-refractivity contribution in [3.63, 3.8) is 0 Å². The maximum absolute atomic E-state index is 5.20. The van der Waals surface area contributed by atoms with E-state index in [2.05, 4.69) is 10.3 Å². The Kier molecular flexibility index (Phi) is 5.93. The van der Waals surface area contributed by atoms with Crippen LogP contribution >= 0.6 is 0 Å². The highest BCUT2D eigenvalue weighted by molar-refractivity contribution is 4.41. The lowest BCUT2D eigenvalue weighted by Gasteiger charge is -2.13. The largest absolute Gasteiger partial charge is 0.362 e. The molecule has 1 atom stereocenters. The van der Waals surface area contributed by atoms with Gasteiger partial charge in [0.25, 0.3) is 0 Å². The molecule has 0 aromatic rings. The van der Waals surface area contributed by atoms with Gasteiger partial charge in [-0.1, -0.05) is 6.92 Å². The molecule has 0 spiro atoms. The van der Waals surface area contributed by atoms with Gasteiger partial charge >= 0.3 is 0 Å². The minimum absolute atomic E-state index is 0.0417. The van der Waals surface area contributed by atoms with E-state index in [-0.39, 0.29) is 6.23 Å². The molecule has 0 aliphatic heterocycles. The van der Waals surface area contributed by atoms with Crippen molar-refractivity contribution in [2.75, 3.05) is 13.7 Å². The molecule has 0 aliphatic rings. The number of ether oxygens (including phenoxy) is 1. The van der Waals surface area contributed by atoms with Crippen LogP contribution in [0.4, 0.5) is 0 Å². The normalized spacial score (nSPS) is 13.7.